The Kier molecular flexibility index (Phi) is 18.0. The molecule has 0 radical (unpaired) electrons. The van der Waals surface area contributed by atoms with E-state index in [0.717, 1.165) is 0 Å². The third kappa shape index (κ3) is 14.4. The molecule has 11 rings (SSSR count). The number of hydrogen-bond donors (Lipinski definition) is 4. The second-order valence-corrected chi connectivity index (χ2v) is 19.6. The summed E-state index contributed by atoms with van der Waals surface area (Å²) in [4.78, 5) is 76.8. The van der Waals surface area contributed by atoms with Crippen LogP contribution < -0.4 is 40.2 Å². The molecule has 86 heavy (non-hydrogen) atoms. The van der Waals surface area contributed by atoms with Crippen LogP contribution in [0.4, 0.5) is 45.5 Å². The normalized spacial score (nSPS) is 15.8. The molecule has 3 aliphatic rings. The van der Waals surface area contributed by atoms with Gasteiger partial charge >= 0.3 is 0 Å². The Labute approximate surface area is 496 Å². The number of carbonyl (C=O) groups excluding carboxylic acids is 4. The van der Waals surface area contributed by atoms with Gasteiger partial charge in [0.05, 0.1) is 94.2 Å². The van der Waals surface area contributed by atoms with E-state index in [-0.39, 0.29) is 71.9 Å². The predicted molar refractivity (Wildman–Crippen MR) is 340 cm³/mol. The predicted octanol–water partition coefficient (Wildman–Crippen LogP) is 14.6. The molecule has 3 heterocycles. The van der Waals surface area contributed by atoms with Crippen LogP contribution in [-0.4, -0.2) is 74.4 Å². The van der Waals surface area contributed by atoms with Gasteiger partial charge in [0.25, 0.3) is 0 Å². The Balaban J connectivity index is 0.905. The molecule has 0 aliphatic carbocycles. The smallest absolute Gasteiger partial charge is 0.196 e. The van der Waals surface area contributed by atoms with Gasteiger partial charge in [-0.05, 0) is 97.1 Å². The molecule has 8 aromatic carbocycles. The van der Waals surface area contributed by atoms with Crippen molar-refractivity contribution in [3.05, 3.63) is 263 Å². The lowest BCUT2D eigenvalue weighted by atomic mass is 10.0. The monoisotopic (exact) mass is 1140 g/mol. The van der Waals surface area contributed by atoms with Crippen LogP contribution in [0.15, 0.2) is 261 Å². The zero-order valence-corrected chi connectivity index (χ0v) is 46.4. The minimum Gasteiger partial charge on any atom is -0.493 e. The van der Waals surface area contributed by atoms with Crippen molar-refractivity contribution in [1.29, 1.82) is 0 Å². The topological polar surface area (TPSA) is 203 Å². The molecule has 0 fully saturated rings. The Morgan fingerprint density at radius 2 is 0.512 bits per heavy atom. The highest BCUT2D eigenvalue weighted by atomic mass is 16.5. The molecule has 424 valence electrons. The largest absolute Gasteiger partial charge is 0.493 e. The number of ketones is 4. The number of allylic oxidation sites excluding steroid dienone is 4. The number of aliphatic imine (C=N–C) groups is 4. The van der Waals surface area contributed by atoms with Gasteiger partial charge in [-0.25, -0.2) is 0 Å². The van der Waals surface area contributed by atoms with Gasteiger partial charge in [-0.3, -0.25) is 39.1 Å². The summed E-state index contributed by atoms with van der Waals surface area (Å²) in [6.45, 7) is 1.05. The minimum absolute atomic E-state index is 0.242. The van der Waals surface area contributed by atoms with Crippen molar-refractivity contribution < 1.29 is 38.1 Å². The van der Waals surface area contributed by atoms with Gasteiger partial charge in [0.2, 0.25) is 0 Å². The zero-order valence-electron chi connectivity index (χ0n) is 46.4. The van der Waals surface area contributed by atoms with Gasteiger partial charge in [0, 0.05) is 84.8 Å². The SMILES string of the molecule is O=C1C2=CNc3ccccc3N=CC(=CNc3ccccc3N=C2)C(=O)c2cccc(c2)OCCCOc2cccc(c2)C(=O)/C2=C\Nc3ccccc3N=CC(=CNc3ccccc3N=C2)C(=O)c2cccc(c2)OCCCOc2cccc1c2. The van der Waals surface area contributed by atoms with E-state index in [9.17, 15) is 19.2 Å². The van der Waals surface area contributed by atoms with Gasteiger partial charge in [-0.15, -0.1) is 0 Å². The molecule has 0 aromatic heterocycles. The zero-order chi connectivity index (χ0) is 58.9. The average molecular weight is 1140 g/mol. The molecule has 0 saturated heterocycles. The summed E-state index contributed by atoms with van der Waals surface area (Å²) >= 11 is 0. The molecule has 0 spiro atoms. The van der Waals surface area contributed by atoms with Crippen molar-refractivity contribution in [2.45, 2.75) is 12.8 Å². The summed E-state index contributed by atoms with van der Waals surface area (Å²) in [5.41, 5.74) is 6.72. The molecular weight excluding hydrogens is 1080 g/mol. The van der Waals surface area contributed by atoms with E-state index in [1.807, 2.05) is 72.8 Å². The molecular formula is C70H56N8O8. The molecule has 3 aliphatic heterocycles. The van der Waals surface area contributed by atoms with Crippen molar-refractivity contribution >= 4 is 93.5 Å². The molecule has 0 amide bonds. The van der Waals surface area contributed by atoms with E-state index in [2.05, 4.69) is 21.3 Å². The van der Waals surface area contributed by atoms with Crippen molar-refractivity contribution in [2.24, 2.45) is 20.0 Å². The van der Waals surface area contributed by atoms with Crippen LogP contribution in [0.2, 0.25) is 0 Å². The maximum atomic E-state index is 14.4. The van der Waals surface area contributed by atoms with Crippen molar-refractivity contribution in [3.63, 3.8) is 0 Å². The van der Waals surface area contributed by atoms with Crippen LogP contribution >= 0.6 is 0 Å². The lowest BCUT2D eigenvalue weighted by Crippen LogP contribution is -2.10. The fraction of sp³-hybridized carbons (Fsp3) is 0.0857. The molecule has 16 heteroatoms. The number of benzene rings is 8. The van der Waals surface area contributed by atoms with Gasteiger partial charge in [-0.1, -0.05) is 97.1 Å². The lowest BCUT2D eigenvalue weighted by molar-refractivity contribution is 0.103. The summed E-state index contributed by atoms with van der Waals surface area (Å²) in [7, 11) is 0. The molecule has 12 bridgehead atoms. The number of rotatable bonds is 0. The van der Waals surface area contributed by atoms with Crippen molar-refractivity contribution in [1.82, 2.24) is 0 Å². The molecule has 0 atom stereocenters. The first-order valence-corrected chi connectivity index (χ1v) is 27.8. The van der Waals surface area contributed by atoms with Gasteiger partial charge in [0.15, 0.2) is 23.1 Å². The number of Topliss-reactive ketones (excluding diaryl/α,β-unsaturated/α-hetero) is 4. The first kappa shape index (κ1) is 56.3. The third-order valence-corrected chi connectivity index (χ3v) is 13.6. The van der Waals surface area contributed by atoms with Crippen molar-refractivity contribution in [2.75, 3.05) is 47.7 Å². The first-order valence-electron chi connectivity index (χ1n) is 27.8. The number of carbonyl (C=O) groups is 4. The second-order valence-electron chi connectivity index (χ2n) is 19.6. The highest BCUT2D eigenvalue weighted by Crippen LogP contribution is 2.31. The number of anilines is 4. The number of nitrogens with one attached hydrogen (secondary N) is 4. The van der Waals surface area contributed by atoms with Crippen molar-refractivity contribution in [3.8, 4) is 23.0 Å². The number of hydrogen-bond acceptors (Lipinski definition) is 16. The number of para-hydroxylation sites is 8. The standard InChI is InChI=1S/C70H56N8O8/c79-67-47-15-9-19-55(35-47)83-31-13-33-85-57-21-11-17-49(37-57)69(81)53-43-75-63-27-5-7-29-65(63)77-45-54(46-78-66-30-8-6-28-64(66)76-44-53)70(82)50-18-12-22-58(38-50)86-34-14-32-84-56-20-10-16-48(36-56)68(80)52-40-72-60-24-2-1-23-59(60)71-39-51(67)41-73-61-25-3-4-26-62(61)74-42-52/h1-12,15-30,35-46,71,74-75,78H,13-14,31-34H2/b51-39-,52-42?,53-43?,54-46?,72-40?,73-41?,76-44?,77-45?. The molecule has 16 nitrogen and oxygen atoms in total. The highest BCUT2D eigenvalue weighted by molar-refractivity contribution is 6.24. The minimum atomic E-state index is -0.323. The average Bonchev–Trinajstić information content (AvgIpc) is 3.69. The summed E-state index contributed by atoms with van der Waals surface area (Å²) in [6, 6.07) is 56.8. The Bertz CT molecular complexity index is 3610. The van der Waals surface area contributed by atoms with E-state index in [1.165, 1.54) is 24.9 Å². The number of ether oxygens (including phenoxy) is 4. The van der Waals surface area contributed by atoms with E-state index in [4.69, 9.17) is 38.9 Å². The molecule has 8 aromatic rings. The number of nitrogens with zero attached hydrogens (tertiary/aromatic N) is 4. The Hall–Kier alpha value is -11.5. The van der Waals surface area contributed by atoms with E-state index < -0.39 is 0 Å². The maximum absolute atomic E-state index is 14.4. The van der Waals surface area contributed by atoms with E-state index in [1.54, 1.807) is 146 Å². The molecule has 0 unspecified atom stereocenters. The van der Waals surface area contributed by atoms with Crippen LogP contribution in [-0.2, 0) is 0 Å². The second kappa shape index (κ2) is 27.5. The summed E-state index contributed by atoms with van der Waals surface area (Å²) in [5.74, 6) is 0.628. The highest BCUT2D eigenvalue weighted by Gasteiger charge is 2.19. The fourth-order valence-electron chi connectivity index (χ4n) is 9.11. The summed E-state index contributed by atoms with van der Waals surface area (Å²) in [6.07, 6.45) is 13.3. The fourth-order valence-corrected chi connectivity index (χ4v) is 9.11. The van der Waals surface area contributed by atoms with Crippen LogP contribution in [0.5, 0.6) is 23.0 Å². The van der Waals surface area contributed by atoms with Crippen LogP contribution in [0.25, 0.3) is 0 Å². The Morgan fingerprint density at radius 3 is 0.756 bits per heavy atom. The molecule has 0 saturated carbocycles. The van der Waals surface area contributed by atoms with Crippen LogP contribution in [0.3, 0.4) is 0 Å². The van der Waals surface area contributed by atoms with Crippen LogP contribution in [0.1, 0.15) is 54.3 Å². The first-order chi connectivity index (χ1) is 42.3. The maximum Gasteiger partial charge on any atom is 0.196 e. The van der Waals surface area contributed by atoms with Gasteiger partial charge in [-0.2, -0.15) is 0 Å². The van der Waals surface area contributed by atoms with Gasteiger partial charge < -0.3 is 40.2 Å². The Morgan fingerprint density at radius 1 is 0.279 bits per heavy atom. The molecule has 4 N–H and O–H groups in total. The third-order valence-electron chi connectivity index (χ3n) is 13.6. The van der Waals surface area contributed by atoms with E-state index >= 15 is 0 Å². The van der Waals surface area contributed by atoms with E-state index in [0.29, 0.717) is 104 Å². The number of fused-ring (bicyclic) bond motifs is 14. The summed E-state index contributed by atoms with van der Waals surface area (Å²) < 4.78 is 24.6. The lowest BCUT2D eigenvalue weighted by Gasteiger charge is -2.12. The summed E-state index contributed by atoms with van der Waals surface area (Å²) in [5, 5.41) is 13.1. The van der Waals surface area contributed by atoms with Crippen LogP contribution in [0, 0.1) is 0 Å². The quantitative estimate of drug-likeness (QED) is 0.112. The van der Waals surface area contributed by atoms with Gasteiger partial charge in [0.1, 0.15) is 23.0 Å².